The number of esters is 1. The zero-order chi connectivity index (χ0) is 13.4. The summed E-state index contributed by atoms with van der Waals surface area (Å²) in [6, 6.07) is 5.66. The molecule has 0 aliphatic heterocycles. The van der Waals surface area contributed by atoms with Crippen LogP contribution in [0.1, 0.15) is 25.8 Å². The quantitative estimate of drug-likeness (QED) is 0.700. The van der Waals surface area contributed by atoms with Gasteiger partial charge >= 0.3 is 5.97 Å². The third kappa shape index (κ3) is 4.28. The molecule has 0 fully saturated rings. The summed E-state index contributed by atoms with van der Waals surface area (Å²) in [4.78, 5) is 11.2. The first-order valence-corrected chi connectivity index (χ1v) is 6.16. The van der Waals surface area contributed by atoms with Gasteiger partial charge in [0.1, 0.15) is 11.5 Å². The Hall–Kier alpha value is -1.71. The summed E-state index contributed by atoms with van der Waals surface area (Å²) in [6.45, 7) is 5.08. The van der Waals surface area contributed by atoms with E-state index in [9.17, 15) is 4.79 Å². The second-order valence-electron chi connectivity index (χ2n) is 3.71. The molecular formula is C14H20O4. The van der Waals surface area contributed by atoms with E-state index < -0.39 is 0 Å². The predicted octanol–water partition coefficient (Wildman–Crippen LogP) is 2.59. The molecule has 0 atom stereocenters. The Kier molecular flexibility index (Phi) is 6.05. The fraction of sp³-hybridized carbons (Fsp3) is 0.500. The highest BCUT2D eigenvalue weighted by Gasteiger charge is 2.08. The van der Waals surface area contributed by atoms with Crippen LogP contribution in [0.15, 0.2) is 18.2 Å². The van der Waals surface area contributed by atoms with Crippen molar-refractivity contribution in [1.82, 2.24) is 0 Å². The minimum absolute atomic E-state index is 0.223. The molecule has 1 rings (SSSR count). The second kappa shape index (κ2) is 7.58. The number of ether oxygens (including phenoxy) is 3. The van der Waals surface area contributed by atoms with Gasteiger partial charge < -0.3 is 14.2 Å². The fourth-order valence-electron chi connectivity index (χ4n) is 1.64. The topological polar surface area (TPSA) is 44.8 Å². The van der Waals surface area contributed by atoms with Gasteiger partial charge in [-0.05, 0) is 44.0 Å². The molecule has 0 aromatic heterocycles. The number of rotatable bonds is 7. The van der Waals surface area contributed by atoms with Gasteiger partial charge in [0.15, 0.2) is 0 Å². The lowest BCUT2D eigenvalue weighted by Crippen LogP contribution is -2.04. The Labute approximate surface area is 108 Å². The van der Waals surface area contributed by atoms with Crippen LogP contribution in [-0.4, -0.2) is 26.3 Å². The van der Waals surface area contributed by atoms with Crippen LogP contribution in [0.2, 0.25) is 0 Å². The molecule has 0 aliphatic rings. The molecule has 4 nitrogen and oxygen atoms in total. The average Bonchev–Trinajstić information content (AvgIpc) is 2.39. The van der Waals surface area contributed by atoms with Crippen molar-refractivity contribution >= 4 is 5.97 Å². The zero-order valence-electron chi connectivity index (χ0n) is 11.2. The minimum atomic E-state index is -0.223. The summed E-state index contributed by atoms with van der Waals surface area (Å²) in [5.74, 6) is 1.37. The molecule has 0 spiro atoms. The van der Waals surface area contributed by atoms with E-state index in [0.29, 0.717) is 26.1 Å². The summed E-state index contributed by atoms with van der Waals surface area (Å²) >= 11 is 0. The van der Waals surface area contributed by atoms with Gasteiger partial charge in [-0.3, -0.25) is 4.79 Å². The molecule has 4 heteroatoms. The summed E-state index contributed by atoms with van der Waals surface area (Å²) in [7, 11) is 1.39. The second-order valence-corrected chi connectivity index (χ2v) is 3.71. The third-order valence-electron chi connectivity index (χ3n) is 2.47. The van der Waals surface area contributed by atoms with Crippen molar-refractivity contribution in [2.45, 2.75) is 26.7 Å². The van der Waals surface area contributed by atoms with Crippen LogP contribution in [0.25, 0.3) is 0 Å². The van der Waals surface area contributed by atoms with Gasteiger partial charge in [-0.25, -0.2) is 0 Å². The Bertz CT molecular complexity index is 387. The largest absolute Gasteiger partial charge is 0.494 e. The van der Waals surface area contributed by atoms with Crippen LogP contribution in [-0.2, 0) is 16.0 Å². The molecule has 18 heavy (non-hydrogen) atoms. The Morgan fingerprint density at radius 1 is 1.17 bits per heavy atom. The summed E-state index contributed by atoms with van der Waals surface area (Å²) < 4.78 is 15.6. The highest BCUT2D eigenvalue weighted by atomic mass is 16.5. The van der Waals surface area contributed by atoms with Crippen LogP contribution < -0.4 is 9.47 Å². The van der Waals surface area contributed by atoms with E-state index in [1.807, 2.05) is 32.0 Å². The van der Waals surface area contributed by atoms with Gasteiger partial charge in [0.2, 0.25) is 0 Å². The standard InChI is InChI=1S/C14H20O4/c1-4-17-12-7-8-13(18-5-2)11(10-12)6-9-14(15)16-3/h7-8,10H,4-6,9H2,1-3H3. The summed E-state index contributed by atoms with van der Waals surface area (Å²) in [5.41, 5.74) is 0.966. The first kappa shape index (κ1) is 14.4. The van der Waals surface area contributed by atoms with E-state index in [0.717, 1.165) is 17.1 Å². The molecule has 0 bridgehead atoms. The van der Waals surface area contributed by atoms with Crippen molar-refractivity contribution < 1.29 is 19.0 Å². The first-order chi connectivity index (χ1) is 8.71. The molecule has 0 unspecified atom stereocenters. The molecule has 0 heterocycles. The Balaban J connectivity index is 2.81. The maximum absolute atomic E-state index is 11.2. The molecule has 0 saturated heterocycles. The summed E-state index contributed by atoms with van der Waals surface area (Å²) in [6.07, 6.45) is 0.926. The van der Waals surface area contributed by atoms with Gasteiger partial charge in [-0.1, -0.05) is 0 Å². The van der Waals surface area contributed by atoms with E-state index in [2.05, 4.69) is 4.74 Å². The number of hydrogen-bond acceptors (Lipinski definition) is 4. The van der Waals surface area contributed by atoms with Crippen molar-refractivity contribution in [3.8, 4) is 11.5 Å². The van der Waals surface area contributed by atoms with E-state index in [1.165, 1.54) is 7.11 Å². The molecule has 1 aromatic carbocycles. The zero-order valence-corrected chi connectivity index (χ0v) is 11.2. The van der Waals surface area contributed by atoms with Crippen LogP contribution in [0.4, 0.5) is 0 Å². The van der Waals surface area contributed by atoms with E-state index in [4.69, 9.17) is 9.47 Å². The third-order valence-corrected chi connectivity index (χ3v) is 2.47. The molecule has 0 saturated carbocycles. The van der Waals surface area contributed by atoms with E-state index in [1.54, 1.807) is 0 Å². The van der Waals surface area contributed by atoms with Gasteiger partial charge in [0.25, 0.3) is 0 Å². The normalized spacial score (nSPS) is 9.94. The van der Waals surface area contributed by atoms with Gasteiger partial charge in [-0.2, -0.15) is 0 Å². The molecule has 0 amide bonds. The predicted molar refractivity (Wildman–Crippen MR) is 69.1 cm³/mol. The van der Waals surface area contributed by atoms with Crippen LogP contribution in [0, 0.1) is 0 Å². The van der Waals surface area contributed by atoms with Crippen molar-refractivity contribution in [1.29, 1.82) is 0 Å². The number of benzene rings is 1. The Morgan fingerprint density at radius 3 is 2.50 bits per heavy atom. The number of carbonyl (C=O) groups is 1. The lowest BCUT2D eigenvalue weighted by Gasteiger charge is -2.12. The maximum atomic E-state index is 11.2. The van der Waals surface area contributed by atoms with Crippen molar-refractivity contribution in [2.75, 3.05) is 20.3 Å². The van der Waals surface area contributed by atoms with Gasteiger partial charge in [0.05, 0.1) is 20.3 Å². The minimum Gasteiger partial charge on any atom is -0.494 e. The highest BCUT2D eigenvalue weighted by Crippen LogP contribution is 2.25. The smallest absolute Gasteiger partial charge is 0.305 e. The van der Waals surface area contributed by atoms with Crippen LogP contribution >= 0.6 is 0 Å². The monoisotopic (exact) mass is 252 g/mol. The molecular weight excluding hydrogens is 232 g/mol. The number of methoxy groups -OCH3 is 1. The molecule has 1 aromatic rings. The molecule has 0 N–H and O–H groups in total. The SMILES string of the molecule is CCOc1ccc(OCC)c(CCC(=O)OC)c1. The number of aryl methyl sites for hydroxylation is 1. The first-order valence-electron chi connectivity index (χ1n) is 6.16. The lowest BCUT2D eigenvalue weighted by molar-refractivity contribution is -0.140. The lowest BCUT2D eigenvalue weighted by atomic mass is 10.1. The van der Waals surface area contributed by atoms with E-state index in [-0.39, 0.29) is 5.97 Å². The van der Waals surface area contributed by atoms with Gasteiger partial charge in [-0.15, -0.1) is 0 Å². The molecule has 100 valence electrons. The highest BCUT2D eigenvalue weighted by molar-refractivity contribution is 5.69. The van der Waals surface area contributed by atoms with Crippen molar-refractivity contribution in [2.24, 2.45) is 0 Å². The summed E-state index contributed by atoms with van der Waals surface area (Å²) in [5, 5.41) is 0. The van der Waals surface area contributed by atoms with E-state index >= 15 is 0 Å². The molecule has 0 aliphatic carbocycles. The number of hydrogen-bond donors (Lipinski definition) is 0. The van der Waals surface area contributed by atoms with Crippen molar-refractivity contribution in [3.63, 3.8) is 0 Å². The van der Waals surface area contributed by atoms with Crippen LogP contribution in [0.3, 0.4) is 0 Å². The fourth-order valence-corrected chi connectivity index (χ4v) is 1.64. The Morgan fingerprint density at radius 2 is 1.89 bits per heavy atom. The maximum Gasteiger partial charge on any atom is 0.305 e. The van der Waals surface area contributed by atoms with Crippen LogP contribution in [0.5, 0.6) is 11.5 Å². The average molecular weight is 252 g/mol. The van der Waals surface area contributed by atoms with Gasteiger partial charge in [0, 0.05) is 6.42 Å². The number of carbonyl (C=O) groups excluding carboxylic acids is 1. The van der Waals surface area contributed by atoms with Crippen molar-refractivity contribution in [3.05, 3.63) is 23.8 Å². The molecule has 0 radical (unpaired) electrons.